The molecule has 3 aromatic rings. The van der Waals surface area contributed by atoms with Gasteiger partial charge < -0.3 is 10.2 Å². The molecule has 0 saturated carbocycles. The number of hydrogen-bond donors (Lipinski definition) is 1. The number of carbonyl (C=O) groups excluding carboxylic acids is 1. The Morgan fingerprint density at radius 1 is 1.05 bits per heavy atom. The summed E-state index contributed by atoms with van der Waals surface area (Å²) in [4.78, 5) is 12.4. The van der Waals surface area contributed by atoms with Crippen molar-refractivity contribution in [2.45, 2.75) is 0 Å². The first kappa shape index (κ1) is 11.5. The van der Waals surface area contributed by atoms with E-state index >= 15 is 0 Å². The van der Waals surface area contributed by atoms with Gasteiger partial charge in [-0.2, -0.15) is 0 Å². The molecule has 2 N–H and O–H groups in total. The van der Waals surface area contributed by atoms with Crippen LogP contribution in [0.4, 0.5) is 10.3 Å². The molecule has 2 aromatic carbocycles. The van der Waals surface area contributed by atoms with Crippen LogP contribution in [-0.4, -0.2) is 5.78 Å². The van der Waals surface area contributed by atoms with Crippen LogP contribution in [0, 0.1) is 5.82 Å². The maximum Gasteiger partial charge on any atom is 0.202 e. The highest BCUT2D eigenvalue weighted by atomic mass is 19.1. The summed E-state index contributed by atoms with van der Waals surface area (Å²) in [5.41, 5.74) is 7.02. The molecule has 4 heteroatoms. The SMILES string of the molecule is Nc1oc2ccccc2c1C(=O)c1ccc(F)cc1. The number of anilines is 1. The summed E-state index contributed by atoms with van der Waals surface area (Å²) < 4.78 is 18.2. The van der Waals surface area contributed by atoms with E-state index < -0.39 is 0 Å². The van der Waals surface area contributed by atoms with Gasteiger partial charge in [-0.25, -0.2) is 4.39 Å². The number of nitrogens with two attached hydrogens (primary N) is 1. The van der Waals surface area contributed by atoms with E-state index in [1.54, 1.807) is 24.3 Å². The van der Waals surface area contributed by atoms with Gasteiger partial charge in [-0.1, -0.05) is 18.2 Å². The Bertz CT molecular complexity index is 759. The molecular weight excluding hydrogens is 245 g/mol. The van der Waals surface area contributed by atoms with Gasteiger partial charge in [0.05, 0.1) is 5.56 Å². The highest BCUT2D eigenvalue weighted by Crippen LogP contribution is 2.29. The van der Waals surface area contributed by atoms with Crippen LogP contribution in [0.1, 0.15) is 15.9 Å². The van der Waals surface area contributed by atoms with Crippen LogP contribution in [0.15, 0.2) is 52.9 Å². The minimum absolute atomic E-state index is 0.0792. The third-order valence-corrected chi connectivity index (χ3v) is 2.96. The third kappa shape index (κ3) is 1.87. The molecule has 0 radical (unpaired) electrons. The number of rotatable bonds is 2. The lowest BCUT2D eigenvalue weighted by Gasteiger charge is -2.00. The van der Waals surface area contributed by atoms with Gasteiger partial charge in [-0.15, -0.1) is 0 Å². The van der Waals surface area contributed by atoms with E-state index in [2.05, 4.69) is 0 Å². The number of carbonyl (C=O) groups is 1. The molecule has 0 aliphatic heterocycles. The molecule has 0 unspecified atom stereocenters. The fourth-order valence-corrected chi connectivity index (χ4v) is 2.04. The van der Waals surface area contributed by atoms with Crippen LogP contribution >= 0.6 is 0 Å². The topological polar surface area (TPSA) is 56.2 Å². The Hall–Kier alpha value is -2.62. The zero-order chi connectivity index (χ0) is 13.4. The van der Waals surface area contributed by atoms with E-state index in [0.717, 1.165) is 0 Å². The Kier molecular flexibility index (Phi) is 2.56. The molecule has 0 bridgehead atoms. The Balaban J connectivity index is 2.16. The van der Waals surface area contributed by atoms with Crippen molar-refractivity contribution in [3.8, 4) is 0 Å². The van der Waals surface area contributed by atoms with E-state index in [4.69, 9.17) is 10.2 Å². The number of nitrogen functional groups attached to an aromatic ring is 1. The molecule has 0 spiro atoms. The Morgan fingerprint density at radius 3 is 2.47 bits per heavy atom. The van der Waals surface area contributed by atoms with Crippen molar-refractivity contribution in [2.24, 2.45) is 0 Å². The van der Waals surface area contributed by atoms with Crippen molar-refractivity contribution in [3.05, 3.63) is 65.5 Å². The van der Waals surface area contributed by atoms with Crippen molar-refractivity contribution >= 4 is 22.6 Å². The number of hydrogen-bond acceptors (Lipinski definition) is 3. The minimum Gasteiger partial charge on any atom is -0.440 e. The Labute approximate surface area is 108 Å². The molecular formula is C15H10FNO2. The molecule has 0 saturated heterocycles. The summed E-state index contributed by atoms with van der Waals surface area (Å²) in [6, 6.07) is 12.5. The molecule has 94 valence electrons. The zero-order valence-electron chi connectivity index (χ0n) is 9.89. The summed E-state index contributed by atoms with van der Waals surface area (Å²) in [5, 5.41) is 0.661. The van der Waals surface area contributed by atoms with Crippen molar-refractivity contribution in [2.75, 3.05) is 5.73 Å². The van der Waals surface area contributed by atoms with Crippen molar-refractivity contribution in [1.82, 2.24) is 0 Å². The summed E-state index contributed by atoms with van der Waals surface area (Å²) >= 11 is 0. The summed E-state index contributed by atoms with van der Waals surface area (Å²) in [7, 11) is 0. The summed E-state index contributed by atoms with van der Waals surface area (Å²) in [5.74, 6) is -0.584. The van der Waals surface area contributed by atoms with Crippen LogP contribution in [0.2, 0.25) is 0 Å². The molecule has 3 nitrogen and oxygen atoms in total. The maximum absolute atomic E-state index is 12.9. The summed E-state index contributed by atoms with van der Waals surface area (Å²) in [6.07, 6.45) is 0. The predicted octanol–water partition coefficient (Wildman–Crippen LogP) is 3.39. The van der Waals surface area contributed by atoms with E-state index in [9.17, 15) is 9.18 Å². The molecule has 0 amide bonds. The lowest BCUT2D eigenvalue weighted by molar-refractivity contribution is 0.104. The van der Waals surface area contributed by atoms with Gasteiger partial charge in [0.2, 0.25) is 5.88 Å². The van der Waals surface area contributed by atoms with Gasteiger partial charge in [-0.3, -0.25) is 4.79 Å². The second-order valence-corrected chi connectivity index (χ2v) is 4.17. The second-order valence-electron chi connectivity index (χ2n) is 4.17. The molecule has 19 heavy (non-hydrogen) atoms. The number of furan rings is 1. The van der Waals surface area contributed by atoms with Crippen LogP contribution in [-0.2, 0) is 0 Å². The lowest BCUT2D eigenvalue weighted by atomic mass is 10.0. The standard InChI is InChI=1S/C15H10FNO2/c16-10-7-5-9(6-8-10)14(18)13-11-3-1-2-4-12(11)19-15(13)17/h1-8H,17H2. The third-order valence-electron chi connectivity index (χ3n) is 2.96. The van der Waals surface area contributed by atoms with Crippen molar-refractivity contribution in [1.29, 1.82) is 0 Å². The number of benzene rings is 2. The van der Waals surface area contributed by atoms with Crippen LogP contribution in [0.3, 0.4) is 0 Å². The van der Waals surface area contributed by atoms with Gasteiger partial charge >= 0.3 is 0 Å². The zero-order valence-corrected chi connectivity index (χ0v) is 9.89. The number of ketones is 1. The molecule has 1 heterocycles. The van der Waals surface area contributed by atoms with E-state index in [0.29, 0.717) is 22.1 Å². The molecule has 3 rings (SSSR count). The van der Waals surface area contributed by atoms with Gasteiger partial charge in [0.25, 0.3) is 0 Å². The number of fused-ring (bicyclic) bond motifs is 1. The highest BCUT2D eigenvalue weighted by molar-refractivity contribution is 6.18. The molecule has 0 aliphatic rings. The molecule has 0 atom stereocenters. The van der Waals surface area contributed by atoms with E-state index in [1.807, 2.05) is 0 Å². The van der Waals surface area contributed by atoms with Crippen LogP contribution < -0.4 is 5.73 Å². The smallest absolute Gasteiger partial charge is 0.202 e. The fraction of sp³-hybridized carbons (Fsp3) is 0. The molecule has 0 fully saturated rings. The predicted molar refractivity (Wildman–Crippen MR) is 70.5 cm³/mol. The normalized spacial score (nSPS) is 10.8. The van der Waals surface area contributed by atoms with Gasteiger partial charge in [0, 0.05) is 10.9 Å². The van der Waals surface area contributed by atoms with Gasteiger partial charge in [0.15, 0.2) is 5.78 Å². The van der Waals surface area contributed by atoms with Gasteiger partial charge in [0.1, 0.15) is 11.4 Å². The van der Waals surface area contributed by atoms with E-state index in [1.165, 1.54) is 24.3 Å². The number of para-hydroxylation sites is 1. The minimum atomic E-state index is -0.387. The van der Waals surface area contributed by atoms with Crippen molar-refractivity contribution in [3.63, 3.8) is 0 Å². The highest BCUT2D eigenvalue weighted by Gasteiger charge is 2.20. The first-order valence-corrected chi connectivity index (χ1v) is 5.74. The number of halogens is 1. The van der Waals surface area contributed by atoms with Gasteiger partial charge in [-0.05, 0) is 30.3 Å². The Morgan fingerprint density at radius 2 is 1.74 bits per heavy atom. The average Bonchev–Trinajstić information content (AvgIpc) is 2.74. The van der Waals surface area contributed by atoms with Crippen LogP contribution in [0.5, 0.6) is 0 Å². The lowest BCUT2D eigenvalue weighted by Crippen LogP contribution is -2.03. The largest absolute Gasteiger partial charge is 0.440 e. The maximum atomic E-state index is 12.9. The average molecular weight is 255 g/mol. The fourth-order valence-electron chi connectivity index (χ4n) is 2.04. The summed E-state index contributed by atoms with van der Waals surface area (Å²) in [6.45, 7) is 0. The molecule has 0 aliphatic carbocycles. The second kappa shape index (κ2) is 4.24. The first-order valence-electron chi connectivity index (χ1n) is 5.74. The van der Waals surface area contributed by atoms with Crippen molar-refractivity contribution < 1.29 is 13.6 Å². The van der Waals surface area contributed by atoms with Crippen LogP contribution in [0.25, 0.3) is 11.0 Å². The quantitative estimate of drug-likeness (QED) is 0.714. The first-order chi connectivity index (χ1) is 9.16. The molecule has 1 aromatic heterocycles. The monoisotopic (exact) mass is 255 g/mol. The van der Waals surface area contributed by atoms with E-state index in [-0.39, 0.29) is 17.5 Å².